The van der Waals surface area contributed by atoms with Gasteiger partial charge in [-0.2, -0.15) is 0 Å². The molecule has 3 rings (SSSR count). The fourth-order valence-corrected chi connectivity index (χ4v) is 4.20. The number of carbonyl (C=O) groups is 3. The van der Waals surface area contributed by atoms with Gasteiger partial charge < -0.3 is 30.1 Å². The van der Waals surface area contributed by atoms with Crippen LogP contribution in [-0.4, -0.2) is 91.0 Å². The van der Waals surface area contributed by atoms with E-state index in [1.165, 1.54) is 0 Å². The van der Waals surface area contributed by atoms with Crippen LogP contribution >= 0.6 is 0 Å². The van der Waals surface area contributed by atoms with Crippen molar-refractivity contribution >= 4 is 18.0 Å². The second kappa shape index (κ2) is 11.6. The number of aliphatic hydroxyl groups is 1. The van der Waals surface area contributed by atoms with Crippen LogP contribution in [0.4, 0.5) is 4.79 Å². The first-order chi connectivity index (χ1) is 16.3. The lowest BCUT2D eigenvalue weighted by Crippen LogP contribution is -2.51. The number of nitrogens with zero attached hydrogens (tertiary/aromatic N) is 2. The minimum Gasteiger partial charge on any atom is -0.480 e. The highest BCUT2D eigenvalue weighted by molar-refractivity contribution is 5.88. The molecule has 0 bridgehead atoms. The summed E-state index contributed by atoms with van der Waals surface area (Å²) >= 11 is 0. The molecule has 1 atom stereocenters. The Kier molecular flexibility index (Phi) is 8.61. The summed E-state index contributed by atoms with van der Waals surface area (Å²) in [5, 5.41) is 21.0. The lowest BCUT2D eigenvalue weighted by molar-refractivity contribution is -0.145. The summed E-state index contributed by atoms with van der Waals surface area (Å²) in [6, 6.07) is 15.0. The van der Waals surface area contributed by atoms with Crippen molar-refractivity contribution in [3.8, 4) is 11.1 Å². The number of nitrogens with one attached hydrogen (secondary N) is 1. The van der Waals surface area contributed by atoms with Crippen molar-refractivity contribution in [1.82, 2.24) is 15.1 Å². The number of hydrogen-bond donors (Lipinski definition) is 3. The standard InChI is InChI=1S/C25H31N3O6/c1-27(2)12-11-22(24(32)28(13-14-29)15-23(30)31)26-25(33)34-16-21-19-9-5-3-7-17(19)18-8-4-6-10-20(18)21/h3-10,21-22,29H,11-16H2,1-2H3,(H,26,33)(H,30,31). The molecule has 1 aliphatic rings. The summed E-state index contributed by atoms with van der Waals surface area (Å²) in [5.41, 5.74) is 4.37. The van der Waals surface area contributed by atoms with E-state index in [4.69, 9.17) is 9.84 Å². The molecular formula is C25H31N3O6. The molecule has 1 aliphatic carbocycles. The number of aliphatic carboxylic acids is 1. The SMILES string of the molecule is CN(C)CCC(NC(=O)OCC1c2ccccc2-c2ccccc21)C(=O)N(CCO)CC(=O)O. The zero-order valence-corrected chi connectivity index (χ0v) is 19.4. The number of carboxylic acid groups (broad SMARTS) is 1. The van der Waals surface area contributed by atoms with Crippen molar-refractivity contribution in [3.63, 3.8) is 0 Å². The molecule has 2 amide bonds. The third-order valence-electron chi connectivity index (χ3n) is 5.81. The van der Waals surface area contributed by atoms with Gasteiger partial charge >= 0.3 is 12.1 Å². The molecule has 0 radical (unpaired) electrons. The van der Waals surface area contributed by atoms with Crippen LogP contribution in [0.25, 0.3) is 11.1 Å². The second-order valence-corrected chi connectivity index (χ2v) is 8.49. The number of benzene rings is 2. The molecule has 3 N–H and O–H groups in total. The van der Waals surface area contributed by atoms with Crippen LogP contribution in [0.15, 0.2) is 48.5 Å². The number of fused-ring (bicyclic) bond motifs is 3. The molecule has 1 unspecified atom stereocenters. The predicted molar refractivity (Wildman–Crippen MR) is 126 cm³/mol. The monoisotopic (exact) mass is 469 g/mol. The molecule has 0 fully saturated rings. The number of carbonyl (C=O) groups excluding carboxylic acids is 2. The van der Waals surface area contributed by atoms with E-state index in [0.717, 1.165) is 27.2 Å². The highest BCUT2D eigenvalue weighted by Gasteiger charge is 2.31. The first-order valence-corrected chi connectivity index (χ1v) is 11.2. The molecule has 0 heterocycles. The summed E-state index contributed by atoms with van der Waals surface area (Å²) in [6.07, 6.45) is -0.490. The highest BCUT2D eigenvalue weighted by atomic mass is 16.5. The van der Waals surface area contributed by atoms with E-state index in [9.17, 15) is 19.5 Å². The number of aliphatic hydroxyl groups excluding tert-OH is 1. The summed E-state index contributed by atoms with van der Waals surface area (Å²) in [5.74, 6) is -1.90. The Balaban J connectivity index is 1.70. The molecular weight excluding hydrogens is 438 g/mol. The predicted octanol–water partition coefficient (Wildman–Crippen LogP) is 1.75. The normalized spacial score (nSPS) is 13.2. The van der Waals surface area contributed by atoms with Crippen molar-refractivity contribution in [2.75, 3.05) is 46.9 Å². The largest absolute Gasteiger partial charge is 0.480 e. The Morgan fingerprint density at radius 2 is 1.59 bits per heavy atom. The molecule has 9 nitrogen and oxygen atoms in total. The van der Waals surface area contributed by atoms with Crippen LogP contribution in [0.5, 0.6) is 0 Å². The molecule has 0 saturated heterocycles. The van der Waals surface area contributed by atoms with Crippen molar-refractivity contribution < 1.29 is 29.3 Å². The van der Waals surface area contributed by atoms with Crippen LogP contribution in [0.1, 0.15) is 23.5 Å². The van der Waals surface area contributed by atoms with Crippen molar-refractivity contribution in [2.24, 2.45) is 0 Å². The minimum absolute atomic E-state index is 0.101. The zero-order valence-electron chi connectivity index (χ0n) is 19.4. The highest BCUT2D eigenvalue weighted by Crippen LogP contribution is 2.44. The van der Waals surface area contributed by atoms with E-state index in [2.05, 4.69) is 5.32 Å². The van der Waals surface area contributed by atoms with Crippen molar-refractivity contribution in [1.29, 1.82) is 0 Å². The average molecular weight is 470 g/mol. The lowest BCUT2D eigenvalue weighted by Gasteiger charge is -2.27. The van der Waals surface area contributed by atoms with Gasteiger partial charge in [0, 0.05) is 12.5 Å². The van der Waals surface area contributed by atoms with E-state index in [1.54, 1.807) is 0 Å². The number of rotatable bonds is 11. The summed E-state index contributed by atoms with van der Waals surface area (Å²) < 4.78 is 5.55. The zero-order chi connectivity index (χ0) is 24.7. The average Bonchev–Trinajstić information content (AvgIpc) is 3.13. The molecule has 2 aromatic rings. The number of alkyl carbamates (subject to hydrolysis) is 1. The van der Waals surface area contributed by atoms with Gasteiger partial charge in [-0.1, -0.05) is 48.5 Å². The van der Waals surface area contributed by atoms with Gasteiger partial charge in [0.25, 0.3) is 0 Å². The maximum atomic E-state index is 13.0. The minimum atomic E-state index is -1.20. The summed E-state index contributed by atoms with van der Waals surface area (Å²) in [6.45, 7) is -0.505. The molecule has 34 heavy (non-hydrogen) atoms. The van der Waals surface area contributed by atoms with Crippen molar-refractivity contribution in [3.05, 3.63) is 59.7 Å². The Morgan fingerprint density at radius 3 is 2.12 bits per heavy atom. The van der Waals surface area contributed by atoms with Gasteiger partial charge in [0.05, 0.1) is 6.61 Å². The Morgan fingerprint density at radius 1 is 1.00 bits per heavy atom. The lowest BCUT2D eigenvalue weighted by atomic mass is 9.98. The van der Waals surface area contributed by atoms with Crippen molar-refractivity contribution in [2.45, 2.75) is 18.4 Å². The number of ether oxygens (including phenoxy) is 1. The number of hydrogen-bond acceptors (Lipinski definition) is 6. The van der Waals surface area contributed by atoms with E-state index in [1.807, 2.05) is 67.5 Å². The van der Waals surface area contributed by atoms with Crippen LogP contribution in [0.2, 0.25) is 0 Å². The molecule has 2 aromatic carbocycles. The topological polar surface area (TPSA) is 119 Å². The van der Waals surface area contributed by atoms with Gasteiger partial charge in [-0.15, -0.1) is 0 Å². The summed E-state index contributed by atoms with van der Waals surface area (Å²) in [7, 11) is 3.66. The molecule has 182 valence electrons. The van der Waals surface area contributed by atoms with Gasteiger partial charge in [-0.25, -0.2) is 4.79 Å². The van der Waals surface area contributed by atoms with Crippen LogP contribution in [0, 0.1) is 0 Å². The Labute approximate surface area is 198 Å². The summed E-state index contributed by atoms with van der Waals surface area (Å²) in [4.78, 5) is 39.7. The third-order valence-corrected chi connectivity index (χ3v) is 5.81. The first-order valence-electron chi connectivity index (χ1n) is 11.2. The Hall–Kier alpha value is -3.43. The third kappa shape index (κ3) is 6.12. The van der Waals surface area contributed by atoms with Gasteiger partial charge in [0.2, 0.25) is 5.91 Å². The fourth-order valence-electron chi connectivity index (χ4n) is 4.20. The van der Waals surface area contributed by atoms with Gasteiger partial charge in [-0.3, -0.25) is 9.59 Å². The van der Waals surface area contributed by atoms with E-state index in [-0.39, 0.29) is 32.1 Å². The number of amides is 2. The molecule has 0 aliphatic heterocycles. The maximum absolute atomic E-state index is 13.0. The van der Waals surface area contributed by atoms with E-state index >= 15 is 0 Å². The smallest absolute Gasteiger partial charge is 0.407 e. The van der Waals surface area contributed by atoms with Gasteiger partial charge in [-0.05, 0) is 49.3 Å². The van der Waals surface area contributed by atoms with Gasteiger partial charge in [0.1, 0.15) is 19.2 Å². The fraction of sp³-hybridized carbons (Fsp3) is 0.400. The van der Waals surface area contributed by atoms with Crippen LogP contribution < -0.4 is 5.32 Å². The first kappa shape index (κ1) is 25.2. The van der Waals surface area contributed by atoms with Crippen LogP contribution in [-0.2, 0) is 14.3 Å². The molecule has 0 spiro atoms. The quantitative estimate of drug-likeness (QED) is 0.459. The molecule has 0 aromatic heterocycles. The van der Waals surface area contributed by atoms with Crippen LogP contribution in [0.3, 0.4) is 0 Å². The maximum Gasteiger partial charge on any atom is 0.407 e. The van der Waals surface area contributed by atoms with E-state index in [0.29, 0.717) is 6.54 Å². The second-order valence-electron chi connectivity index (χ2n) is 8.49. The number of carboxylic acids is 1. The molecule has 0 saturated carbocycles. The van der Waals surface area contributed by atoms with Gasteiger partial charge in [0.15, 0.2) is 0 Å². The molecule has 9 heteroatoms. The Bertz CT molecular complexity index is 980. The van der Waals surface area contributed by atoms with E-state index < -0.39 is 30.6 Å².